The summed E-state index contributed by atoms with van der Waals surface area (Å²) in [7, 11) is 0. The van der Waals surface area contributed by atoms with Crippen molar-refractivity contribution in [1.82, 2.24) is 9.78 Å². The van der Waals surface area contributed by atoms with Crippen molar-refractivity contribution in [3.8, 4) is 5.69 Å². The number of hydrogen-bond donors (Lipinski definition) is 1. The molecule has 1 aromatic heterocycles. The van der Waals surface area contributed by atoms with Crippen molar-refractivity contribution in [3.05, 3.63) is 85.8 Å². The molecule has 31 heavy (non-hydrogen) atoms. The summed E-state index contributed by atoms with van der Waals surface area (Å²) in [5, 5.41) is 13.8. The summed E-state index contributed by atoms with van der Waals surface area (Å²) in [6.07, 6.45) is 2.08. The predicted octanol–water partition coefficient (Wildman–Crippen LogP) is 3.49. The standard InChI is InChI=1S/C22H22N4O5/c1-3-15-7-5-6-8-19(15)23-14-18-20(13-21(27)31-4-2)24-25(22(18)28)16-9-11-17(12-10-16)26(29)30/h5-12,14,24H,3-4,13H2,1-2H3. The lowest BCUT2D eigenvalue weighted by Gasteiger charge is -2.03. The van der Waals surface area contributed by atoms with E-state index in [1.54, 1.807) is 6.92 Å². The minimum Gasteiger partial charge on any atom is -0.466 e. The number of carbonyl (C=O) groups is 1. The number of ether oxygens (including phenoxy) is 1. The van der Waals surface area contributed by atoms with Crippen molar-refractivity contribution in [3.63, 3.8) is 0 Å². The van der Waals surface area contributed by atoms with Crippen LogP contribution in [-0.2, 0) is 22.4 Å². The monoisotopic (exact) mass is 422 g/mol. The maximum absolute atomic E-state index is 13.1. The van der Waals surface area contributed by atoms with Gasteiger partial charge in [0.1, 0.15) is 0 Å². The van der Waals surface area contributed by atoms with Gasteiger partial charge in [0.05, 0.1) is 40.6 Å². The van der Waals surface area contributed by atoms with E-state index in [9.17, 15) is 19.7 Å². The molecule has 0 aliphatic heterocycles. The van der Waals surface area contributed by atoms with Gasteiger partial charge in [-0.2, -0.15) is 0 Å². The Morgan fingerprint density at radius 2 is 1.90 bits per heavy atom. The van der Waals surface area contributed by atoms with E-state index in [-0.39, 0.29) is 24.3 Å². The minimum atomic E-state index is -0.517. The topological polar surface area (TPSA) is 120 Å². The van der Waals surface area contributed by atoms with E-state index in [1.165, 1.54) is 35.2 Å². The smallest absolute Gasteiger partial charge is 0.311 e. The van der Waals surface area contributed by atoms with Crippen LogP contribution in [0.25, 0.3) is 5.69 Å². The predicted molar refractivity (Wildman–Crippen MR) is 116 cm³/mol. The molecule has 0 bridgehead atoms. The van der Waals surface area contributed by atoms with Crippen LogP contribution in [-0.4, -0.2) is 33.5 Å². The first-order valence-corrected chi connectivity index (χ1v) is 9.80. The molecular formula is C22H22N4O5. The molecule has 0 spiro atoms. The van der Waals surface area contributed by atoms with E-state index in [2.05, 4.69) is 10.1 Å². The van der Waals surface area contributed by atoms with Crippen LogP contribution in [0.1, 0.15) is 30.7 Å². The number of benzene rings is 2. The largest absolute Gasteiger partial charge is 0.466 e. The summed E-state index contributed by atoms with van der Waals surface area (Å²) >= 11 is 0. The number of nitro groups is 1. The van der Waals surface area contributed by atoms with Crippen LogP contribution in [0.3, 0.4) is 0 Å². The normalized spacial score (nSPS) is 11.0. The quantitative estimate of drug-likeness (QED) is 0.258. The second-order valence-corrected chi connectivity index (χ2v) is 6.64. The van der Waals surface area contributed by atoms with E-state index in [0.717, 1.165) is 17.7 Å². The average molecular weight is 422 g/mol. The van der Waals surface area contributed by atoms with Gasteiger partial charge in [0, 0.05) is 18.3 Å². The third-order valence-electron chi connectivity index (χ3n) is 4.66. The number of aromatic amines is 1. The molecule has 9 heteroatoms. The molecule has 0 aliphatic rings. The maximum Gasteiger partial charge on any atom is 0.311 e. The second kappa shape index (κ2) is 9.66. The first kappa shape index (κ1) is 21.7. The third kappa shape index (κ3) is 4.95. The fourth-order valence-electron chi connectivity index (χ4n) is 3.09. The van der Waals surface area contributed by atoms with Crippen LogP contribution in [0.5, 0.6) is 0 Å². The van der Waals surface area contributed by atoms with Gasteiger partial charge in [0.15, 0.2) is 0 Å². The molecule has 9 nitrogen and oxygen atoms in total. The molecule has 1 N–H and O–H groups in total. The van der Waals surface area contributed by atoms with Gasteiger partial charge in [-0.1, -0.05) is 25.1 Å². The molecule has 1 heterocycles. The Kier molecular flexibility index (Phi) is 6.76. The number of aryl methyl sites for hydroxylation is 1. The van der Waals surface area contributed by atoms with Crippen molar-refractivity contribution in [1.29, 1.82) is 0 Å². The summed E-state index contributed by atoms with van der Waals surface area (Å²) in [5.41, 5.74) is 2.21. The Labute approximate surface area is 178 Å². The Morgan fingerprint density at radius 1 is 1.19 bits per heavy atom. The molecule has 0 radical (unpaired) electrons. The number of aliphatic imine (C=N–C) groups is 1. The number of rotatable bonds is 8. The average Bonchev–Trinajstić information content (AvgIpc) is 3.07. The van der Waals surface area contributed by atoms with Gasteiger partial charge in [-0.3, -0.25) is 29.8 Å². The van der Waals surface area contributed by atoms with Crippen LogP contribution in [0.15, 0.2) is 58.3 Å². The van der Waals surface area contributed by atoms with Gasteiger partial charge in [0.2, 0.25) is 0 Å². The number of carbonyl (C=O) groups excluding carboxylic acids is 1. The van der Waals surface area contributed by atoms with E-state index >= 15 is 0 Å². The van der Waals surface area contributed by atoms with Crippen molar-refractivity contribution >= 4 is 23.6 Å². The van der Waals surface area contributed by atoms with Crippen molar-refractivity contribution < 1.29 is 14.5 Å². The lowest BCUT2D eigenvalue weighted by molar-refractivity contribution is -0.384. The second-order valence-electron chi connectivity index (χ2n) is 6.64. The van der Waals surface area contributed by atoms with Gasteiger partial charge < -0.3 is 4.74 Å². The Balaban J connectivity index is 2.05. The van der Waals surface area contributed by atoms with E-state index in [4.69, 9.17) is 4.74 Å². The number of aromatic nitrogens is 2. The van der Waals surface area contributed by atoms with Crippen molar-refractivity contribution in [2.75, 3.05) is 6.61 Å². The number of non-ortho nitro benzene ring substituents is 1. The van der Waals surface area contributed by atoms with Gasteiger partial charge >= 0.3 is 5.97 Å². The fourth-order valence-corrected chi connectivity index (χ4v) is 3.09. The molecule has 3 rings (SSSR count). The number of esters is 1. The summed E-state index contributed by atoms with van der Waals surface area (Å²) in [6, 6.07) is 13.1. The molecule has 2 aromatic carbocycles. The number of nitrogens with zero attached hydrogens (tertiary/aromatic N) is 3. The Morgan fingerprint density at radius 3 is 2.55 bits per heavy atom. The van der Waals surface area contributed by atoms with E-state index in [0.29, 0.717) is 11.4 Å². The van der Waals surface area contributed by atoms with Crippen LogP contribution in [0.4, 0.5) is 11.4 Å². The number of para-hydroxylation sites is 1. The molecule has 0 atom stereocenters. The molecule has 0 fully saturated rings. The van der Waals surface area contributed by atoms with E-state index in [1.807, 2.05) is 31.2 Å². The molecule has 0 saturated heterocycles. The first-order chi connectivity index (χ1) is 14.9. The molecule has 3 aromatic rings. The zero-order valence-electron chi connectivity index (χ0n) is 17.2. The van der Waals surface area contributed by atoms with Gasteiger partial charge in [-0.25, -0.2) is 4.68 Å². The lowest BCUT2D eigenvalue weighted by Crippen LogP contribution is -2.17. The molecule has 0 unspecified atom stereocenters. The summed E-state index contributed by atoms with van der Waals surface area (Å²) < 4.78 is 6.23. The summed E-state index contributed by atoms with van der Waals surface area (Å²) in [5.74, 6) is -0.483. The molecule has 0 saturated carbocycles. The Bertz CT molecular complexity index is 1180. The summed E-state index contributed by atoms with van der Waals surface area (Å²) in [4.78, 5) is 40.0. The fraction of sp³-hybridized carbons (Fsp3) is 0.227. The zero-order valence-corrected chi connectivity index (χ0v) is 17.2. The van der Waals surface area contributed by atoms with Crippen LogP contribution in [0.2, 0.25) is 0 Å². The Hall–Kier alpha value is -4.01. The van der Waals surface area contributed by atoms with Crippen molar-refractivity contribution in [2.24, 2.45) is 4.99 Å². The lowest BCUT2D eigenvalue weighted by atomic mass is 10.1. The summed E-state index contributed by atoms with van der Waals surface area (Å²) in [6.45, 7) is 3.94. The molecule has 0 aliphatic carbocycles. The number of nitrogens with one attached hydrogen (secondary N) is 1. The van der Waals surface area contributed by atoms with Gasteiger partial charge in [-0.15, -0.1) is 0 Å². The van der Waals surface area contributed by atoms with E-state index < -0.39 is 16.5 Å². The zero-order chi connectivity index (χ0) is 22.4. The highest BCUT2D eigenvalue weighted by Gasteiger charge is 2.18. The van der Waals surface area contributed by atoms with Crippen LogP contribution in [0, 0.1) is 10.1 Å². The third-order valence-corrected chi connectivity index (χ3v) is 4.66. The van der Waals surface area contributed by atoms with Gasteiger partial charge in [-0.05, 0) is 37.1 Å². The molecule has 0 amide bonds. The maximum atomic E-state index is 13.1. The van der Waals surface area contributed by atoms with Crippen LogP contribution < -0.4 is 5.56 Å². The van der Waals surface area contributed by atoms with Gasteiger partial charge in [0.25, 0.3) is 11.2 Å². The number of hydrogen-bond acceptors (Lipinski definition) is 6. The highest BCUT2D eigenvalue weighted by molar-refractivity contribution is 5.85. The highest BCUT2D eigenvalue weighted by atomic mass is 16.6. The van der Waals surface area contributed by atoms with Crippen LogP contribution >= 0.6 is 0 Å². The SMILES string of the molecule is CCOC(=O)Cc1[nH]n(-c2ccc([N+](=O)[O-])cc2)c(=O)c1C=Nc1ccccc1CC. The highest BCUT2D eigenvalue weighted by Crippen LogP contribution is 2.19. The first-order valence-electron chi connectivity index (χ1n) is 9.80. The number of H-pyrrole nitrogens is 1. The molecular weight excluding hydrogens is 400 g/mol. The number of nitro benzene ring substituents is 1. The van der Waals surface area contributed by atoms with Crippen molar-refractivity contribution in [2.45, 2.75) is 26.7 Å². The molecule has 160 valence electrons. The minimum absolute atomic E-state index is 0.0898.